The van der Waals surface area contributed by atoms with Gasteiger partial charge in [-0.05, 0) is 35.9 Å². The van der Waals surface area contributed by atoms with E-state index < -0.39 is 23.7 Å². The van der Waals surface area contributed by atoms with Crippen LogP contribution >= 0.6 is 11.3 Å². The van der Waals surface area contributed by atoms with Gasteiger partial charge in [0.15, 0.2) is 5.13 Å². The third-order valence-electron chi connectivity index (χ3n) is 5.25. The number of carbonyl (C=O) groups is 2. The lowest BCUT2D eigenvalue weighted by Crippen LogP contribution is -2.48. The summed E-state index contributed by atoms with van der Waals surface area (Å²) in [5.41, 5.74) is 0.950. The van der Waals surface area contributed by atoms with Crippen molar-refractivity contribution in [1.29, 1.82) is 0 Å². The third-order valence-corrected chi connectivity index (χ3v) is 6.01. The highest BCUT2D eigenvalue weighted by Gasteiger charge is 2.30. The van der Waals surface area contributed by atoms with Gasteiger partial charge in [0, 0.05) is 23.7 Å². The molecule has 2 heterocycles. The van der Waals surface area contributed by atoms with Crippen LogP contribution < -0.4 is 16.0 Å². The molecule has 0 saturated heterocycles. The van der Waals surface area contributed by atoms with Crippen LogP contribution in [0.25, 0.3) is 0 Å². The van der Waals surface area contributed by atoms with Crippen molar-refractivity contribution in [3.8, 4) is 0 Å². The maximum Gasteiger partial charge on any atom is 0.416 e. The molecule has 1 atom stereocenters. The molecule has 2 amide bonds. The van der Waals surface area contributed by atoms with E-state index >= 15 is 0 Å². The Hall–Kier alpha value is -4.25. The number of halogens is 3. The minimum absolute atomic E-state index is 0.0371. The Morgan fingerprint density at radius 2 is 1.76 bits per heavy atom. The molecular formula is C26H22F3N5O2S. The van der Waals surface area contributed by atoms with Crippen LogP contribution in [0.1, 0.15) is 27.3 Å². The van der Waals surface area contributed by atoms with E-state index in [9.17, 15) is 22.8 Å². The number of alkyl halides is 3. The maximum absolute atomic E-state index is 13.0. The van der Waals surface area contributed by atoms with Gasteiger partial charge in [-0.2, -0.15) is 13.2 Å². The lowest BCUT2D eigenvalue weighted by atomic mass is 10.0. The monoisotopic (exact) mass is 525 g/mol. The van der Waals surface area contributed by atoms with Crippen molar-refractivity contribution >= 4 is 34.0 Å². The second-order valence-corrected chi connectivity index (χ2v) is 8.85. The first-order valence-corrected chi connectivity index (χ1v) is 12.1. The first kappa shape index (κ1) is 25.8. The first-order chi connectivity index (χ1) is 17.8. The number of aromatic nitrogens is 2. The van der Waals surface area contributed by atoms with E-state index in [0.717, 1.165) is 29.0 Å². The van der Waals surface area contributed by atoms with Gasteiger partial charge in [0.25, 0.3) is 5.91 Å². The van der Waals surface area contributed by atoms with Crippen LogP contribution in [0.4, 0.5) is 24.0 Å². The number of rotatable bonds is 9. The van der Waals surface area contributed by atoms with E-state index in [0.29, 0.717) is 5.69 Å². The van der Waals surface area contributed by atoms with E-state index in [1.54, 1.807) is 18.3 Å². The average molecular weight is 526 g/mol. The number of hydrogen-bond donors (Lipinski definition) is 3. The molecule has 37 heavy (non-hydrogen) atoms. The number of benzene rings is 2. The molecule has 2 aromatic heterocycles. The number of nitrogens with one attached hydrogen (secondary N) is 3. The molecule has 4 rings (SSSR count). The molecular weight excluding hydrogens is 503 g/mol. The van der Waals surface area contributed by atoms with E-state index in [2.05, 4.69) is 25.9 Å². The molecule has 0 fully saturated rings. The highest BCUT2D eigenvalue weighted by molar-refractivity contribution is 7.14. The molecule has 190 valence electrons. The van der Waals surface area contributed by atoms with Crippen LogP contribution in [0.5, 0.6) is 0 Å². The zero-order valence-electron chi connectivity index (χ0n) is 19.3. The smallest absolute Gasteiger partial charge is 0.349 e. The van der Waals surface area contributed by atoms with Crippen LogP contribution in [0.15, 0.2) is 84.4 Å². The molecule has 0 aliphatic heterocycles. The molecule has 0 aliphatic carbocycles. The van der Waals surface area contributed by atoms with Gasteiger partial charge in [-0.3, -0.25) is 14.6 Å². The Morgan fingerprint density at radius 1 is 0.973 bits per heavy atom. The minimum Gasteiger partial charge on any atom is -0.349 e. The van der Waals surface area contributed by atoms with Crippen LogP contribution in [0, 0.1) is 0 Å². The number of anilines is 2. The number of amides is 2. The van der Waals surface area contributed by atoms with Gasteiger partial charge in [0.05, 0.1) is 17.8 Å². The number of hydrogen-bond acceptors (Lipinski definition) is 6. The van der Waals surface area contributed by atoms with Crippen LogP contribution in [-0.4, -0.2) is 27.8 Å². The topological polar surface area (TPSA) is 96.0 Å². The van der Waals surface area contributed by atoms with Crippen LogP contribution in [0.3, 0.4) is 0 Å². The van der Waals surface area contributed by atoms with Crippen molar-refractivity contribution in [2.45, 2.75) is 25.2 Å². The van der Waals surface area contributed by atoms with Crippen molar-refractivity contribution in [1.82, 2.24) is 20.6 Å². The van der Waals surface area contributed by atoms with Crippen molar-refractivity contribution in [3.63, 3.8) is 0 Å². The average Bonchev–Trinajstić information content (AvgIpc) is 3.36. The lowest BCUT2D eigenvalue weighted by Gasteiger charge is -2.18. The van der Waals surface area contributed by atoms with E-state index in [1.165, 1.54) is 17.5 Å². The Kier molecular flexibility index (Phi) is 8.14. The van der Waals surface area contributed by atoms with Gasteiger partial charge >= 0.3 is 6.18 Å². The summed E-state index contributed by atoms with van der Waals surface area (Å²) in [4.78, 5) is 34.3. The minimum atomic E-state index is -4.48. The molecule has 0 spiro atoms. The molecule has 0 aliphatic rings. The van der Waals surface area contributed by atoms with E-state index in [1.807, 2.05) is 36.4 Å². The summed E-state index contributed by atoms with van der Waals surface area (Å²) in [5.74, 6) is -0.970. The van der Waals surface area contributed by atoms with Gasteiger partial charge in [0.1, 0.15) is 11.7 Å². The number of thiazole rings is 1. The predicted molar refractivity (Wildman–Crippen MR) is 134 cm³/mol. The quantitative estimate of drug-likeness (QED) is 0.287. The molecule has 0 saturated carbocycles. The van der Waals surface area contributed by atoms with E-state index in [4.69, 9.17) is 0 Å². The zero-order valence-corrected chi connectivity index (χ0v) is 20.1. The van der Waals surface area contributed by atoms with Crippen LogP contribution in [0.2, 0.25) is 0 Å². The predicted octanol–water partition coefficient (Wildman–Crippen LogP) is 4.96. The second-order valence-electron chi connectivity index (χ2n) is 8.00. The number of nitrogens with zero attached hydrogens (tertiary/aromatic N) is 2. The zero-order chi connectivity index (χ0) is 26.3. The van der Waals surface area contributed by atoms with Gasteiger partial charge in [-0.25, -0.2) is 4.98 Å². The van der Waals surface area contributed by atoms with Crippen molar-refractivity contribution < 1.29 is 22.8 Å². The van der Waals surface area contributed by atoms with Gasteiger partial charge in [-0.1, -0.05) is 42.5 Å². The summed E-state index contributed by atoms with van der Waals surface area (Å²) in [6.07, 6.45) is -2.60. The number of carbonyl (C=O) groups excluding carboxylic acids is 2. The van der Waals surface area contributed by atoms with E-state index in [-0.39, 0.29) is 35.4 Å². The highest BCUT2D eigenvalue weighted by atomic mass is 32.1. The summed E-state index contributed by atoms with van der Waals surface area (Å²) in [6.45, 7) is 0.197. The second kappa shape index (κ2) is 11.7. The lowest BCUT2D eigenvalue weighted by molar-refractivity contribution is -0.137. The first-order valence-electron chi connectivity index (χ1n) is 11.2. The normalized spacial score (nSPS) is 12.0. The van der Waals surface area contributed by atoms with Crippen LogP contribution in [-0.2, 0) is 23.9 Å². The summed E-state index contributed by atoms with van der Waals surface area (Å²) in [6, 6.07) is 18.4. The molecule has 0 radical (unpaired) electrons. The Labute approximate surface area is 214 Å². The van der Waals surface area contributed by atoms with Crippen molar-refractivity contribution in [3.05, 3.63) is 107 Å². The number of pyridine rings is 1. The summed E-state index contributed by atoms with van der Waals surface area (Å²) >= 11 is 1.06. The Morgan fingerprint density at radius 3 is 2.49 bits per heavy atom. The van der Waals surface area contributed by atoms with Gasteiger partial charge < -0.3 is 16.0 Å². The third kappa shape index (κ3) is 7.37. The Balaban J connectivity index is 1.44. The van der Waals surface area contributed by atoms with Crippen molar-refractivity contribution in [2.24, 2.45) is 0 Å². The fourth-order valence-electron chi connectivity index (χ4n) is 3.43. The van der Waals surface area contributed by atoms with Gasteiger partial charge in [0.2, 0.25) is 5.91 Å². The molecule has 4 aromatic rings. The summed E-state index contributed by atoms with van der Waals surface area (Å²) in [5, 5.41) is 10.0. The molecule has 7 nitrogen and oxygen atoms in total. The summed E-state index contributed by atoms with van der Waals surface area (Å²) in [7, 11) is 0. The maximum atomic E-state index is 13.0. The summed E-state index contributed by atoms with van der Waals surface area (Å²) < 4.78 is 38.9. The molecule has 11 heteroatoms. The SMILES string of the molecule is O=C(NC(Cc1ccccc1)C(=O)NCc1ccccn1)c1csc(Nc2cccc(C(F)(F)F)c2)n1. The molecule has 0 bridgehead atoms. The molecule has 1 unspecified atom stereocenters. The molecule has 3 N–H and O–H groups in total. The largest absolute Gasteiger partial charge is 0.416 e. The fourth-order valence-corrected chi connectivity index (χ4v) is 4.14. The van der Waals surface area contributed by atoms with Crippen molar-refractivity contribution in [2.75, 3.05) is 5.32 Å². The highest BCUT2D eigenvalue weighted by Crippen LogP contribution is 2.31. The van der Waals surface area contributed by atoms with Gasteiger partial charge in [-0.15, -0.1) is 11.3 Å². The fraction of sp³-hybridized carbons (Fsp3) is 0.154. The molecule has 2 aromatic carbocycles. The Bertz CT molecular complexity index is 1350. The standard InChI is InChI=1S/C26H22F3N5O2S/c27-26(28,29)18-9-6-11-19(14-18)32-25-34-22(16-37-25)24(36)33-21(13-17-7-2-1-3-8-17)23(35)31-15-20-10-4-5-12-30-20/h1-12,14,16,21H,13,15H2,(H,31,35)(H,32,34)(H,33,36).